The number of hydrogen-bond acceptors (Lipinski definition) is 4. The molecule has 0 radical (unpaired) electrons. The fraction of sp³-hybridized carbons (Fsp3) is 0.636. The molecule has 1 rings (SSSR count). The maximum absolute atomic E-state index is 8.56. The lowest BCUT2D eigenvalue weighted by molar-refractivity contribution is 0.290. The van der Waals surface area contributed by atoms with Crippen LogP contribution in [0.25, 0.3) is 0 Å². The van der Waals surface area contributed by atoms with Gasteiger partial charge in [0.15, 0.2) is 5.84 Å². The van der Waals surface area contributed by atoms with Gasteiger partial charge in [-0.3, -0.25) is 9.58 Å². The topological polar surface area (TPSA) is 79.7 Å². The van der Waals surface area contributed by atoms with Crippen LogP contribution in [0.3, 0.4) is 0 Å². The number of nitrogens with zero attached hydrogens (tertiary/aromatic N) is 4. The van der Waals surface area contributed by atoms with Crippen molar-refractivity contribution >= 4 is 5.84 Å². The van der Waals surface area contributed by atoms with Crippen LogP contribution in [0.1, 0.15) is 25.2 Å². The fourth-order valence-corrected chi connectivity index (χ4v) is 1.66. The zero-order valence-electron chi connectivity index (χ0n) is 10.7. The van der Waals surface area contributed by atoms with E-state index >= 15 is 0 Å². The first-order chi connectivity index (χ1) is 8.10. The predicted octanol–water partition coefficient (Wildman–Crippen LogP) is 0.551. The van der Waals surface area contributed by atoms with Crippen LogP contribution < -0.4 is 5.73 Å². The van der Waals surface area contributed by atoms with Crippen LogP contribution in [0.2, 0.25) is 0 Å². The van der Waals surface area contributed by atoms with Gasteiger partial charge >= 0.3 is 0 Å². The van der Waals surface area contributed by atoms with Gasteiger partial charge in [-0.05, 0) is 19.0 Å². The summed E-state index contributed by atoms with van der Waals surface area (Å²) < 4.78 is 1.88. The minimum absolute atomic E-state index is 0.227. The summed E-state index contributed by atoms with van der Waals surface area (Å²) in [5, 5.41) is 15.9. The summed E-state index contributed by atoms with van der Waals surface area (Å²) >= 11 is 0. The van der Waals surface area contributed by atoms with Gasteiger partial charge in [0, 0.05) is 13.6 Å². The highest BCUT2D eigenvalue weighted by molar-refractivity contribution is 5.81. The first-order valence-corrected chi connectivity index (χ1v) is 5.81. The molecule has 1 aromatic rings. The van der Waals surface area contributed by atoms with Crippen molar-refractivity contribution in [1.82, 2.24) is 14.7 Å². The molecule has 17 heavy (non-hydrogen) atoms. The molecule has 0 fully saturated rings. The Kier molecular flexibility index (Phi) is 4.96. The Balaban J connectivity index is 2.69. The molecule has 1 heterocycles. The Labute approximate surface area is 102 Å². The number of aromatic nitrogens is 2. The lowest BCUT2D eigenvalue weighted by Crippen LogP contribution is -2.34. The molecule has 1 aromatic heterocycles. The molecule has 0 amide bonds. The maximum Gasteiger partial charge on any atom is 0.153 e. The van der Waals surface area contributed by atoms with E-state index in [-0.39, 0.29) is 5.84 Å². The third-order valence-corrected chi connectivity index (χ3v) is 2.74. The van der Waals surface area contributed by atoms with Crippen LogP contribution in [0.15, 0.2) is 11.2 Å². The highest BCUT2D eigenvalue weighted by atomic mass is 16.4. The number of nitrogens with two attached hydrogens (primary N) is 1. The van der Waals surface area contributed by atoms with Crippen molar-refractivity contribution in [1.29, 1.82) is 0 Å². The lowest BCUT2D eigenvalue weighted by Gasteiger charge is -2.19. The molecule has 0 unspecified atom stereocenters. The van der Waals surface area contributed by atoms with Gasteiger partial charge in [0.25, 0.3) is 0 Å². The van der Waals surface area contributed by atoms with Gasteiger partial charge in [0.1, 0.15) is 0 Å². The molecule has 96 valence electrons. The van der Waals surface area contributed by atoms with Gasteiger partial charge in [-0.2, -0.15) is 5.10 Å². The van der Waals surface area contributed by atoms with E-state index in [2.05, 4.69) is 28.1 Å². The summed E-state index contributed by atoms with van der Waals surface area (Å²) in [6.07, 6.45) is 0.931. The van der Waals surface area contributed by atoms with Gasteiger partial charge in [0.05, 0.1) is 17.9 Å². The zero-order valence-corrected chi connectivity index (χ0v) is 10.7. The molecule has 3 N–H and O–H groups in total. The summed E-state index contributed by atoms with van der Waals surface area (Å²) in [5.74, 6) is 0.227. The van der Waals surface area contributed by atoms with Gasteiger partial charge in [-0.25, -0.2) is 0 Å². The number of hydrogen-bond donors (Lipinski definition) is 2. The number of amidine groups is 1. The standard InChI is InChI=1S/C11H21N5O/c1-4-9-6-10(15(3)13-9)7-16(5-2)8-11(12)14-17/h6,17H,4-5,7-8H2,1-3H3,(H2,12,14). The Bertz CT molecular complexity index is 385. The summed E-state index contributed by atoms with van der Waals surface area (Å²) in [5.41, 5.74) is 7.73. The van der Waals surface area contributed by atoms with Gasteiger partial charge in [-0.1, -0.05) is 19.0 Å². The van der Waals surface area contributed by atoms with E-state index in [1.807, 2.05) is 18.7 Å². The number of rotatable bonds is 6. The number of aryl methyl sites for hydroxylation is 2. The lowest BCUT2D eigenvalue weighted by atomic mass is 10.3. The second-order valence-corrected chi connectivity index (χ2v) is 4.00. The molecule has 0 saturated carbocycles. The first kappa shape index (κ1) is 13.5. The van der Waals surface area contributed by atoms with Gasteiger partial charge in [0.2, 0.25) is 0 Å². The second kappa shape index (κ2) is 6.24. The minimum Gasteiger partial charge on any atom is -0.409 e. The molecule has 0 bridgehead atoms. The largest absolute Gasteiger partial charge is 0.409 e. The Morgan fingerprint density at radius 2 is 2.29 bits per heavy atom. The molecule has 6 nitrogen and oxygen atoms in total. The van der Waals surface area contributed by atoms with Crippen LogP contribution in [0.5, 0.6) is 0 Å². The second-order valence-electron chi connectivity index (χ2n) is 4.00. The number of likely N-dealkylation sites (N-methyl/N-ethyl adjacent to an activating group) is 1. The average molecular weight is 239 g/mol. The Hall–Kier alpha value is -1.56. The summed E-state index contributed by atoms with van der Waals surface area (Å²) in [6, 6.07) is 2.09. The molecule has 0 aliphatic heterocycles. The van der Waals surface area contributed by atoms with Crippen molar-refractivity contribution in [3.8, 4) is 0 Å². The van der Waals surface area contributed by atoms with Crippen LogP contribution in [-0.2, 0) is 20.0 Å². The monoisotopic (exact) mass is 239 g/mol. The van der Waals surface area contributed by atoms with Crippen molar-refractivity contribution in [2.24, 2.45) is 17.9 Å². The third-order valence-electron chi connectivity index (χ3n) is 2.74. The number of oxime groups is 1. The molecular formula is C11H21N5O. The van der Waals surface area contributed by atoms with Crippen molar-refractivity contribution in [2.75, 3.05) is 13.1 Å². The smallest absolute Gasteiger partial charge is 0.153 e. The third kappa shape index (κ3) is 3.74. The summed E-state index contributed by atoms with van der Waals surface area (Å²) in [7, 11) is 1.94. The van der Waals surface area contributed by atoms with Crippen LogP contribution in [-0.4, -0.2) is 38.8 Å². The van der Waals surface area contributed by atoms with E-state index in [9.17, 15) is 0 Å². The van der Waals surface area contributed by atoms with Crippen molar-refractivity contribution < 1.29 is 5.21 Å². The summed E-state index contributed by atoms with van der Waals surface area (Å²) in [4.78, 5) is 2.09. The van der Waals surface area contributed by atoms with Crippen LogP contribution in [0, 0.1) is 0 Å². The normalized spacial score (nSPS) is 12.4. The first-order valence-electron chi connectivity index (χ1n) is 5.81. The minimum atomic E-state index is 0.227. The average Bonchev–Trinajstić information content (AvgIpc) is 2.69. The predicted molar refractivity (Wildman–Crippen MR) is 66.9 cm³/mol. The van der Waals surface area contributed by atoms with E-state index < -0.39 is 0 Å². The quantitative estimate of drug-likeness (QED) is 0.329. The molecule has 0 aromatic carbocycles. The highest BCUT2D eigenvalue weighted by Crippen LogP contribution is 2.07. The van der Waals surface area contributed by atoms with Gasteiger partial charge < -0.3 is 10.9 Å². The molecule has 6 heteroatoms. The molecule has 0 atom stereocenters. The molecule has 0 aliphatic rings. The van der Waals surface area contributed by atoms with E-state index in [0.29, 0.717) is 6.54 Å². The maximum atomic E-state index is 8.56. The molecule has 0 spiro atoms. The van der Waals surface area contributed by atoms with E-state index in [4.69, 9.17) is 10.9 Å². The van der Waals surface area contributed by atoms with Crippen LogP contribution in [0.4, 0.5) is 0 Å². The van der Waals surface area contributed by atoms with Crippen molar-refractivity contribution in [2.45, 2.75) is 26.8 Å². The van der Waals surface area contributed by atoms with Gasteiger partial charge in [-0.15, -0.1) is 0 Å². The van der Waals surface area contributed by atoms with Crippen molar-refractivity contribution in [3.63, 3.8) is 0 Å². The van der Waals surface area contributed by atoms with E-state index in [1.54, 1.807) is 0 Å². The molecule has 0 aliphatic carbocycles. The molecular weight excluding hydrogens is 218 g/mol. The SMILES string of the molecule is CCc1cc(CN(CC)CC(N)=NO)n(C)n1. The van der Waals surface area contributed by atoms with E-state index in [0.717, 1.165) is 30.9 Å². The van der Waals surface area contributed by atoms with Crippen molar-refractivity contribution in [3.05, 3.63) is 17.5 Å². The van der Waals surface area contributed by atoms with Crippen LogP contribution >= 0.6 is 0 Å². The Morgan fingerprint density at radius 1 is 1.59 bits per heavy atom. The zero-order chi connectivity index (χ0) is 12.8. The summed E-state index contributed by atoms with van der Waals surface area (Å²) in [6.45, 7) is 6.17. The Morgan fingerprint density at radius 3 is 2.76 bits per heavy atom. The van der Waals surface area contributed by atoms with E-state index in [1.165, 1.54) is 0 Å². The highest BCUT2D eigenvalue weighted by Gasteiger charge is 2.10. The molecule has 0 saturated heterocycles. The fourth-order valence-electron chi connectivity index (χ4n) is 1.66.